The van der Waals surface area contributed by atoms with Crippen LogP contribution >= 0.6 is 0 Å². The zero-order valence-corrected chi connectivity index (χ0v) is 7.72. The van der Waals surface area contributed by atoms with Gasteiger partial charge in [-0.15, -0.1) is 6.58 Å². The molecule has 0 aliphatic carbocycles. The molecule has 14 heavy (non-hydrogen) atoms. The fraction of sp³-hybridized carbons (Fsp3) is 0.200. The maximum atomic E-state index is 10.7. The Hall–Kier alpha value is -1.68. The van der Waals surface area contributed by atoms with Crippen LogP contribution in [0.15, 0.2) is 36.9 Å². The smallest absolute Gasteiger partial charge is 0.274 e. The van der Waals surface area contributed by atoms with Crippen molar-refractivity contribution in [2.75, 3.05) is 0 Å². The van der Waals surface area contributed by atoms with Crippen molar-refractivity contribution in [2.45, 2.75) is 12.5 Å². The molecule has 4 nitrogen and oxygen atoms in total. The third-order valence-corrected chi connectivity index (χ3v) is 1.95. The van der Waals surface area contributed by atoms with E-state index >= 15 is 0 Å². The quantitative estimate of drug-likeness (QED) is 0.451. The second-order valence-electron chi connectivity index (χ2n) is 2.95. The fourth-order valence-electron chi connectivity index (χ4n) is 1.27. The van der Waals surface area contributed by atoms with E-state index in [0.717, 1.165) is 0 Å². The molecular formula is C10H12N2O2. The molecule has 4 heteroatoms. The Kier molecular flexibility index (Phi) is 3.36. The number of hydrogen-bond donors (Lipinski definition) is 1. The van der Waals surface area contributed by atoms with E-state index in [-0.39, 0.29) is 11.7 Å². The minimum absolute atomic E-state index is 0.0712. The van der Waals surface area contributed by atoms with E-state index in [4.69, 9.17) is 5.73 Å². The zero-order chi connectivity index (χ0) is 10.6. The predicted molar refractivity (Wildman–Crippen MR) is 54.8 cm³/mol. The van der Waals surface area contributed by atoms with Crippen LogP contribution in [0.2, 0.25) is 0 Å². The Morgan fingerprint density at radius 2 is 2.21 bits per heavy atom. The van der Waals surface area contributed by atoms with Crippen molar-refractivity contribution in [3.8, 4) is 0 Å². The van der Waals surface area contributed by atoms with Gasteiger partial charge in [0.05, 0.1) is 4.92 Å². The number of nitrogens with zero attached hydrogens (tertiary/aromatic N) is 1. The Morgan fingerprint density at radius 1 is 1.57 bits per heavy atom. The summed E-state index contributed by atoms with van der Waals surface area (Å²) in [5, 5.41) is 10.7. The van der Waals surface area contributed by atoms with Gasteiger partial charge in [0.2, 0.25) is 0 Å². The highest BCUT2D eigenvalue weighted by molar-refractivity contribution is 5.41. The maximum Gasteiger partial charge on any atom is 0.274 e. The molecule has 0 aliphatic rings. The highest BCUT2D eigenvalue weighted by atomic mass is 16.6. The van der Waals surface area contributed by atoms with Gasteiger partial charge in [-0.05, 0) is 6.42 Å². The molecule has 0 aliphatic heterocycles. The Bertz CT molecular complexity index is 350. The molecule has 1 aromatic carbocycles. The van der Waals surface area contributed by atoms with Gasteiger partial charge in [0, 0.05) is 17.7 Å². The van der Waals surface area contributed by atoms with Gasteiger partial charge in [-0.25, -0.2) is 0 Å². The largest absolute Gasteiger partial charge is 0.323 e. The Labute approximate surface area is 82.2 Å². The van der Waals surface area contributed by atoms with Crippen molar-refractivity contribution >= 4 is 5.69 Å². The lowest BCUT2D eigenvalue weighted by Gasteiger charge is -2.09. The lowest BCUT2D eigenvalue weighted by molar-refractivity contribution is -0.385. The first-order valence-electron chi connectivity index (χ1n) is 4.26. The molecule has 0 bridgehead atoms. The van der Waals surface area contributed by atoms with E-state index in [1.54, 1.807) is 24.3 Å². The molecule has 0 heterocycles. The van der Waals surface area contributed by atoms with Crippen molar-refractivity contribution < 1.29 is 4.92 Å². The number of hydrogen-bond acceptors (Lipinski definition) is 3. The number of nitrogens with two attached hydrogens (primary N) is 1. The molecule has 0 saturated heterocycles. The summed E-state index contributed by atoms with van der Waals surface area (Å²) < 4.78 is 0. The minimum Gasteiger partial charge on any atom is -0.323 e. The number of rotatable bonds is 4. The van der Waals surface area contributed by atoms with Crippen molar-refractivity contribution in [2.24, 2.45) is 5.73 Å². The van der Waals surface area contributed by atoms with E-state index in [1.165, 1.54) is 6.07 Å². The van der Waals surface area contributed by atoms with Gasteiger partial charge in [0.15, 0.2) is 0 Å². The van der Waals surface area contributed by atoms with E-state index in [9.17, 15) is 10.1 Å². The summed E-state index contributed by atoms with van der Waals surface area (Å²) in [5.74, 6) is 0. The summed E-state index contributed by atoms with van der Waals surface area (Å²) in [6.45, 7) is 3.55. The number of nitro benzene ring substituents is 1. The summed E-state index contributed by atoms with van der Waals surface area (Å²) in [6.07, 6.45) is 2.19. The topological polar surface area (TPSA) is 69.2 Å². The summed E-state index contributed by atoms with van der Waals surface area (Å²) in [7, 11) is 0. The third kappa shape index (κ3) is 2.17. The van der Waals surface area contributed by atoms with Crippen LogP contribution in [-0.2, 0) is 0 Å². The van der Waals surface area contributed by atoms with Crippen molar-refractivity contribution in [3.05, 3.63) is 52.6 Å². The average molecular weight is 192 g/mol. The van der Waals surface area contributed by atoms with Crippen LogP contribution in [-0.4, -0.2) is 4.92 Å². The number of benzene rings is 1. The summed E-state index contributed by atoms with van der Waals surface area (Å²) in [5.41, 5.74) is 6.39. The standard InChI is InChI=1S/C10H12N2O2/c1-2-5-9(11)8-6-3-4-7-10(8)12(13)14/h2-4,6-7,9H,1,5,11H2/t9-/m1/s1. The first-order valence-corrected chi connectivity index (χ1v) is 4.26. The number of para-hydroxylation sites is 1. The molecule has 0 radical (unpaired) electrons. The monoisotopic (exact) mass is 192 g/mol. The molecule has 0 aromatic heterocycles. The molecule has 74 valence electrons. The first-order chi connectivity index (χ1) is 6.66. The van der Waals surface area contributed by atoms with Crippen molar-refractivity contribution in [1.29, 1.82) is 0 Å². The number of nitro groups is 1. The molecule has 0 fully saturated rings. The van der Waals surface area contributed by atoms with Gasteiger partial charge in [-0.2, -0.15) is 0 Å². The van der Waals surface area contributed by atoms with Crippen molar-refractivity contribution in [1.82, 2.24) is 0 Å². The highest BCUT2D eigenvalue weighted by Gasteiger charge is 2.16. The average Bonchev–Trinajstić information content (AvgIpc) is 2.18. The van der Waals surface area contributed by atoms with Crippen LogP contribution in [0, 0.1) is 10.1 Å². The lowest BCUT2D eigenvalue weighted by atomic mass is 10.0. The molecule has 1 rings (SSSR count). The highest BCUT2D eigenvalue weighted by Crippen LogP contribution is 2.24. The van der Waals surface area contributed by atoms with E-state index in [1.807, 2.05) is 0 Å². The van der Waals surface area contributed by atoms with Crippen LogP contribution in [0.1, 0.15) is 18.0 Å². The SMILES string of the molecule is C=CC[C@@H](N)c1ccccc1[N+](=O)[O-]. The van der Waals surface area contributed by atoms with Gasteiger partial charge in [-0.1, -0.05) is 24.3 Å². The predicted octanol–water partition coefficient (Wildman–Crippen LogP) is 2.17. The van der Waals surface area contributed by atoms with E-state index in [0.29, 0.717) is 12.0 Å². The normalized spacial score (nSPS) is 12.1. The van der Waals surface area contributed by atoms with Crippen LogP contribution in [0.5, 0.6) is 0 Å². The summed E-state index contributed by atoms with van der Waals surface area (Å²) in [6, 6.07) is 6.15. The first kappa shape index (κ1) is 10.4. The van der Waals surface area contributed by atoms with Crippen LogP contribution in [0.4, 0.5) is 5.69 Å². The van der Waals surface area contributed by atoms with Gasteiger partial charge in [0.1, 0.15) is 0 Å². The molecule has 2 N–H and O–H groups in total. The van der Waals surface area contributed by atoms with E-state index < -0.39 is 4.92 Å². The summed E-state index contributed by atoms with van der Waals surface area (Å²) >= 11 is 0. The molecule has 0 saturated carbocycles. The van der Waals surface area contributed by atoms with Crippen LogP contribution < -0.4 is 5.73 Å². The molecule has 1 atom stereocenters. The zero-order valence-electron chi connectivity index (χ0n) is 7.72. The second kappa shape index (κ2) is 4.53. The molecule has 0 amide bonds. The fourth-order valence-corrected chi connectivity index (χ4v) is 1.27. The molecule has 0 unspecified atom stereocenters. The third-order valence-electron chi connectivity index (χ3n) is 1.95. The minimum atomic E-state index is -0.418. The molecule has 0 spiro atoms. The van der Waals surface area contributed by atoms with Crippen molar-refractivity contribution in [3.63, 3.8) is 0 Å². The summed E-state index contributed by atoms with van der Waals surface area (Å²) in [4.78, 5) is 10.2. The van der Waals surface area contributed by atoms with E-state index in [2.05, 4.69) is 6.58 Å². The van der Waals surface area contributed by atoms with Crippen LogP contribution in [0.25, 0.3) is 0 Å². The maximum absolute atomic E-state index is 10.7. The second-order valence-corrected chi connectivity index (χ2v) is 2.95. The van der Waals surface area contributed by atoms with Gasteiger partial charge in [0.25, 0.3) is 5.69 Å². The Balaban J connectivity index is 3.06. The van der Waals surface area contributed by atoms with Gasteiger partial charge >= 0.3 is 0 Å². The van der Waals surface area contributed by atoms with Gasteiger partial charge in [-0.3, -0.25) is 10.1 Å². The molecular weight excluding hydrogens is 180 g/mol. The Morgan fingerprint density at radius 3 is 2.79 bits per heavy atom. The molecule has 1 aromatic rings. The lowest BCUT2D eigenvalue weighted by Crippen LogP contribution is -2.11. The van der Waals surface area contributed by atoms with Crippen LogP contribution in [0.3, 0.4) is 0 Å². The van der Waals surface area contributed by atoms with Gasteiger partial charge < -0.3 is 5.73 Å².